The molecule has 1 atom stereocenters. The van der Waals surface area contributed by atoms with Gasteiger partial charge in [-0.1, -0.05) is 36.4 Å². The average Bonchev–Trinajstić information content (AvgIpc) is 3.32. The van der Waals surface area contributed by atoms with E-state index in [1.807, 2.05) is 17.5 Å². The van der Waals surface area contributed by atoms with E-state index in [0.29, 0.717) is 6.54 Å². The summed E-state index contributed by atoms with van der Waals surface area (Å²) >= 11 is 1.67. The van der Waals surface area contributed by atoms with Gasteiger partial charge in [-0.05, 0) is 40.6 Å². The lowest BCUT2D eigenvalue weighted by atomic mass is 9.98. The fourth-order valence-corrected chi connectivity index (χ4v) is 4.57. The number of thiophene rings is 1. The van der Waals surface area contributed by atoms with Crippen LogP contribution < -0.4 is 10.6 Å². The first-order valence-electron chi connectivity index (χ1n) is 10.00. The molecular weight excluding hydrogens is 396 g/mol. The molecular formula is C23H24N4O2S. The number of fused-ring (bicyclic) bond motifs is 1. The van der Waals surface area contributed by atoms with E-state index in [2.05, 4.69) is 50.8 Å². The van der Waals surface area contributed by atoms with Crippen LogP contribution >= 0.6 is 11.3 Å². The highest BCUT2D eigenvalue weighted by atomic mass is 32.1. The van der Waals surface area contributed by atoms with Crippen LogP contribution in [0.2, 0.25) is 0 Å². The predicted octanol–water partition coefficient (Wildman–Crippen LogP) is 2.68. The van der Waals surface area contributed by atoms with Crippen molar-refractivity contribution in [1.29, 1.82) is 0 Å². The van der Waals surface area contributed by atoms with Gasteiger partial charge in [0.1, 0.15) is 0 Å². The first kappa shape index (κ1) is 20.3. The van der Waals surface area contributed by atoms with Gasteiger partial charge >= 0.3 is 11.8 Å². The molecule has 1 aliphatic rings. The second-order valence-electron chi connectivity index (χ2n) is 7.27. The molecule has 0 saturated heterocycles. The summed E-state index contributed by atoms with van der Waals surface area (Å²) < 4.78 is 0. The van der Waals surface area contributed by atoms with E-state index >= 15 is 0 Å². The molecule has 2 aromatic heterocycles. The Morgan fingerprint density at radius 1 is 1.03 bits per heavy atom. The van der Waals surface area contributed by atoms with Gasteiger partial charge in [0.25, 0.3) is 0 Å². The summed E-state index contributed by atoms with van der Waals surface area (Å²) in [4.78, 5) is 32.1. The lowest BCUT2D eigenvalue weighted by Gasteiger charge is -2.35. The molecule has 7 heteroatoms. The molecule has 1 unspecified atom stereocenters. The minimum absolute atomic E-state index is 0.0356. The van der Waals surface area contributed by atoms with Crippen molar-refractivity contribution in [2.45, 2.75) is 25.6 Å². The van der Waals surface area contributed by atoms with Gasteiger partial charge in [0.2, 0.25) is 0 Å². The van der Waals surface area contributed by atoms with Crippen LogP contribution in [0.3, 0.4) is 0 Å². The third-order valence-electron chi connectivity index (χ3n) is 5.31. The minimum atomic E-state index is -0.632. The molecule has 2 N–H and O–H groups in total. The molecule has 3 aromatic rings. The number of benzene rings is 1. The van der Waals surface area contributed by atoms with E-state index in [4.69, 9.17) is 0 Å². The van der Waals surface area contributed by atoms with Gasteiger partial charge in [0.05, 0.1) is 6.04 Å². The number of nitrogens with one attached hydrogen (secondary N) is 2. The maximum atomic E-state index is 12.4. The molecule has 2 amide bonds. The zero-order chi connectivity index (χ0) is 20.8. The molecule has 3 heterocycles. The molecule has 154 valence electrons. The van der Waals surface area contributed by atoms with Crippen molar-refractivity contribution in [2.24, 2.45) is 0 Å². The van der Waals surface area contributed by atoms with Crippen molar-refractivity contribution in [2.75, 3.05) is 13.1 Å². The van der Waals surface area contributed by atoms with E-state index in [1.54, 1.807) is 29.8 Å². The second kappa shape index (κ2) is 9.65. The first-order chi connectivity index (χ1) is 14.7. The Labute approximate surface area is 180 Å². The number of aromatic nitrogens is 1. The predicted molar refractivity (Wildman–Crippen MR) is 117 cm³/mol. The molecule has 6 nitrogen and oxygen atoms in total. The number of carbonyl (C=O) groups excluding carboxylic acids is 2. The fourth-order valence-electron chi connectivity index (χ4n) is 3.71. The second-order valence-corrected chi connectivity index (χ2v) is 8.25. The number of carbonyl (C=O) groups is 2. The Bertz CT molecular complexity index is 991. The Morgan fingerprint density at radius 2 is 1.87 bits per heavy atom. The van der Waals surface area contributed by atoms with Crippen molar-refractivity contribution in [1.82, 2.24) is 20.5 Å². The lowest BCUT2D eigenvalue weighted by Crippen LogP contribution is -2.44. The maximum absolute atomic E-state index is 12.4. The Morgan fingerprint density at radius 3 is 2.63 bits per heavy atom. The van der Waals surface area contributed by atoms with Crippen LogP contribution in [0.25, 0.3) is 0 Å². The van der Waals surface area contributed by atoms with Gasteiger partial charge in [0, 0.05) is 43.4 Å². The number of nitrogens with zero attached hydrogens (tertiary/aromatic N) is 2. The Hall–Kier alpha value is -3.03. The van der Waals surface area contributed by atoms with Gasteiger partial charge in [0.15, 0.2) is 0 Å². The number of pyridine rings is 1. The van der Waals surface area contributed by atoms with Crippen molar-refractivity contribution < 1.29 is 9.59 Å². The maximum Gasteiger partial charge on any atom is 0.309 e. The summed E-state index contributed by atoms with van der Waals surface area (Å²) in [5, 5.41) is 7.52. The van der Waals surface area contributed by atoms with Crippen LogP contribution in [-0.4, -0.2) is 34.8 Å². The standard InChI is InChI=1S/C23H24N4O2S/c28-22(25-14-17-5-3-10-24-13-17)23(29)26-15-20(21-8-4-12-30-21)27-11-9-18-6-1-2-7-19(18)16-27/h1-8,10,12-13,20H,9,11,14-16H2,(H,25,28)(H,26,29). The molecule has 0 aliphatic carbocycles. The van der Waals surface area contributed by atoms with E-state index in [0.717, 1.165) is 25.1 Å². The van der Waals surface area contributed by atoms with Crippen molar-refractivity contribution in [3.63, 3.8) is 0 Å². The van der Waals surface area contributed by atoms with Gasteiger partial charge in [-0.3, -0.25) is 19.5 Å². The summed E-state index contributed by atoms with van der Waals surface area (Å²) in [5.41, 5.74) is 3.56. The Balaban J connectivity index is 1.37. The van der Waals surface area contributed by atoms with Crippen LogP contribution in [0.4, 0.5) is 0 Å². The van der Waals surface area contributed by atoms with E-state index in [9.17, 15) is 9.59 Å². The van der Waals surface area contributed by atoms with Crippen LogP contribution in [0.5, 0.6) is 0 Å². The smallest absolute Gasteiger partial charge is 0.309 e. The fraction of sp³-hybridized carbons (Fsp3) is 0.261. The number of amides is 2. The number of rotatable bonds is 6. The van der Waals surface area contributed by atoms with Gasteiger partial charge in [-0.2, -0.15) is 0 Å². The monoisotopic (exact) mass is 420 g/mol. The molecule has 1 aromatic carbocycles. The summed E-state index contributed by atoms with van der Waals surface area (Å²) in [5.74, 6) is -1.24. The summed E-state index contributed by atoms with van der Waals surface area (Å²) in [7, 11) is 0. The molecule has 0 radical (unpaired) electrons. The molecule has 1 aliphatic heterocycles. The lowest BCUT2D eigenvalue weighted by molar-refractivity contribution is -0.139. The van der Waals surface area contributed by atoms with Crippen molar-refractivity contribution in [3.05, 3.63) is 87.9 Å². The first-order valence-corrected chi connectivity index (χ1v) is 10.9. The molecule has 4 rings (SSSR count). The SMILES string of the molecule is O=C(NCc1cccnc1)C(=O)NCC(c1cccs1)N1CCc2ccccc2C1. The zero-order valence-electron chi connectivity index (χ0n) is 16.6. The minimum Gasteiger partial charge on any atom is -0.346 e. The van der Waals surface area contributed by atoms with E-state index in [-0.39, 0.29) is 12.6 Å². The van der Waals surface area contributed by atoms with Crippen LogP contribution in [0, 0.1) is 0 Å². The molecule has 0 bridgehead atoms. The molecule has 30 heavy (non-hydrogen) atoms. The van der Waals surface area contributed by atoms with Crippen molar-refractivity contribution >= 4 is 23.2 Å². The van der Waals surface area contributed by atoms with Gasteiger partial charge in [-0.25, -0.2) is 0 Å². The van der Waals surface area contributed by atoms with Gasteiger partial charge in [-0.15, -0.1) is 11.3 Å². The van der Waals surface area contributed by atoms with Crippen LogP contribution in [-0.2, 0) is 29.1 Å². The molecule has 0 fully saturated rings. The number of hydrogen-bond donors (Lipinski definition) is 2. The Kier molecular flexibility index (Phi) is 6.51. The molecule has 0 spiro atoms. The van der Waals surface area contributed by atoms with Crippen LogP contribution in [0.15, 0.2) is 66.3 Å². The quantitative estimate of drug-likeness (QED) is 0.602. The third kappa shape index (κ3) is 4.93. The van der Waals surface area contributed by atoms with Crippen molar-refractivity contribution in [3.8, 4) is 0 Å². The van der Waals surface area contributed by atoms with Gasteiger partial charge < -0.3 is 10.6 Å². The highest BCUT2D eigenvalue weighted by molar-refractivity contribution is 7.10. The molecule has 0 saturated carbocycles. The highest BCUT2D eigenvalue weighted by Gasteiger charge is 2.26. The van der Waals surface area contributed by atoms with E-state index in [1.165, 1.54) is 16.0 Å². The third-order valence-corrected chi connectivity index (χ3v) is 6.28. The zero-order valence-corrected chi connectivity index (χ0v) is 17.4. The topological polar surface area (TPSA) is 74.3 Å². The summed E-state index contributed by atoms with van der Waals surface area (Å²) in [6, 6.07) is 16.3. The normalized spacial score (nSPS) is 14.5. The summed E-state index contributed by atoms with van der Waals surface area (Å²) in [6.07, 6.45) is 4.32. The average molecular weight is 421 g/mol. The summed E-state index contributed by atoms with van der Waals surface area (Å²) in [6.45, 7) is 2.42. The van der Waals surface area contributed by atoms with Crippen LogP contribution in [0.1, 0.15) is 27.6 Å². The highest BCUT2D eigenvalue weighted by Crippen LogP contribution is 2.29. The van der Waals surface area contributed by atoms with E-state index < -0.39 is 11.8 Å². The number of hydrogen-bond acceptors (Lipinski definition) is 5. The largest absolute Gasteiger partial charge is 0.346 e.